The maximum Gasteiger partial charge on any atom is 0.239 e. The van der Waals surface area contributed by atoms with Gasteiger partial charge in [0.2, 0.25) is 11.8 Å². The molecule has 0 spiro atoms. The van der Waals surface area contributed by atoms with Crippen molar-refractivity contribution in [2.24, 2.45) is 5.92 Å². The van der Waals surface area contributed by atoms with Gasteiger partial charge in [0.05, 0.1) is 0 Å². The largest absolute Gasteiger partial charge is 0.339 e. The zero-order valence-corrected chi connectivity index (χ0v) is 15.8. The Morgan fingerprint density at radius 1 is 0.964 bits per heavy atom. The molecule has 146 valence electrons. The maximum atomic E-state index is 13.3. The first-order valence-electron chi connectivity index (χ1n) is 9.74. The number of hydrogen-bond acceptors (Lipinski definition) is 3. The summed E-state index contributed by atoms with van der Waals surface area (Å²) in [6, 6.07) is 16.1. The van der Waals surface area contributed by atoms with Crippen LogP contribution in [0.1, 0.15) is 12.0 Å². The Labute approximate surface area is 164 Å². The molecule has 0 aliphatic carbocycles. The van der Waals surface area contributed by atoms with Crippen molar-refractivity contribution in [1.82, 2.24) is 9.80 Å². The lowest BCUT2D eigenvalue weighted by Gasteiger charge is -2.35. The summed E-state index contributed by atoms with van der Waals surface area (Å²) in [5.41, 5.74) is 1.78. The molecule has 2 amide bonds. The standard InChI is InChI=1S/C22H24FN3O2/c23-18-6-4-5-17(15-18)16-24-11-13-25(14-12-24)21(27)20-9-10-26(22(20)28)19-7-2-1-3-8-19/h1-8,15,20H,9-14,16H2. The van der Waals surface area contributed by atoms with Crippen LogP contribution in [0.3, 0.4) is 0 Å². The number of carbonyl (C=O) groups is 2. The summed E-state index contributed by atoms with van der Waals surface area (Å²) >= 11 is 0. The Hall–Kier alpha value is -2.73. The van der Waals surface area contributed by atoms with Gasteiger partial charge in [-0.2, -0.15) is 0 Å². The number of para-hydroxylation sites is 1. The molecule has 1 unspecified atom stereocenters. The van der Waals surface area contributed by atoms with Crippen LogP contribution >= 0.6 is 0 Å². The van der Waals surface area contributed by atoms with Gasteiger partial charge in [0.15, 0.2) is 0 Å². The lowest BCUT2D eigenvalue weighted by Crippen LogP contribution is -2.51. The van der Waals surface area contributed by atoms with E-state index in [0.717, 1.165) is 24.3 Å². The first-order valence-corrected chi connectivity index (χ1v) is 9.74. The normalized spacial score (nSPS) is 20.6. The predicted molar refractivity (Wildman–Crippen MR) is 105 cm³/mol. The Morgan fingerprint density at radius 3 is 2.43 bits per heavy atom. The molecule has 2 aromatic carbocycles. The van der Waals surface area contributed by atoms with Crippen LogP contribution in [0.5, 0.6) is 0 Å². The third kappa shape index (κ3) is 3.92. The van der Waals surface area contributed by atoms with Gasteiger partial charge in [-0.05, 0) is 36.2 Å². The van der Waals surface area contributed by atoms with Gasteiger partial charge in [-0.3, -0.25) is 14.5 Å². The average Bonchev–Trinajstić information content (AvgIpc) is 3.10. The molecule has 0 N–H and O–H groups in total. The third-order valence-electron chi connectivity index (χ3n) is 5.55. The fourth-order valence-electron chi connectivity index (χ4n) is 4.01. The highest BCUT2D eigenvalue weighted by atomic mass is 19.1. The Balaban J connectivity index is 1.32. The number of piperazine rings is 1. The molecular formula is C22H24FN3O2. The highest BCUT2D eigenvalue weighted by molar-refractivity contribution is 6.09. The molecule has 2 aliphatic rings. The monoisotopic (exact) mass is 381 g/mol. The van der Waals surface area contributed by atoms with Gasteiger partial charge < -0.3 is 9.80 Å². The van der Waals surface area contributed by atoms with Gasteiger partial charge in [0.25, 0.3) is 0 Å². The molecule has 1 atom stereocenters. The molecule has 5 nitrogen and oxygen atoms in total. The van der Waals surface area contributed by atoms with E-state index in [-0.39, 0.29) is 17.6 Å². The molecule has 6 heteroatoms. The van der Waals surface area contributed by atoms with Crippen molar-refractivity contribution in [3.05, 3.63) is 66.0 Å². The van der Waals surface area contributed by atoms with E-state index in [1.807, 2.05) is 36.4 Å². The van der Waals surface area contributed by atoms with Crippen molar-refractivity contribution in [3.63, 3.8) is 0 Å². The smallest absolute Gasteiger partial charge is 0.239 e. The molecule has 2 saturated heterocycles. The highest BCUT2D eigenvalue weighted by Gasteiger charge is 2.40. The minimum absolute atomic E-state index is 0.0613. The van der Waals surface area contributed by atoms with E-state index < -0.39 is 5.92 Å². The van der Waals surface area contributed by atoms with E-state index in [0.29, 0.717) is 32.6 Å². The Morgan fingerprint density at radius 2 is 1.71 bits per heavy atom. The van der Waals surface area contributed by atoms with E-state index in [1.54, 1.807) is 21.9 Å². The number of benzene rings is 2. The number of nitrogens with zero attached hydrogens (tertiary/aromatic N) is 3. The zero-order valence-electron chi connectivity index (χ0n) is 15.8. The van der Waals surface area contributed by atoms with Crippen molar-refractivity contribution in [1.29, 1.82) is 0 Å². The molecule has 28 heavy (non-hydrogen) atoms. The quantitative estimate of drug-likeness (QED) is 0.765. The summed E-state index contributed by atoms with van der Waals surface area (Å²) in [7, 11) is 0. The number of carbonyl (C=O) groups excluding carboxylic acids is 2. The van der Waals surface area contributed by atoms with Crippen LogP contribution < -0.4 is 4.90 Å². The van der Waals surface area contributed by atoms with Crippen LogP contribution in [0.4, 0.5) is 10.1 Å². The van der Waals surface area contributed by atoms with Crippen LogP contribution in [-0.4, -0.2) is 54.3 Å². The summed E-state index contributed by atoms with van der Waals surface area (Å²) in [6.45, 7) is 3.91. The Kier molecular flexibility index (Phi) is 5.39. The van der Waals surface area contributed by atoms with Crippen LogP contribution in [0.2, 0.25) is 0 Å². The van der Waals surface area contributed by atoms with Gasteiger partial charge in [0, 0.05) is 45.0 Å². The molecule has 0 saturated carbocycles. The molecule has 0 bridgehead atoms. The number of rotatable bonds is 4. The van der Waals surface area contributed by atoms with Gasteiger partial charge in [-0.25, -0.2) is 4.39 Å². The second-order valence-electron chi connectivity index (χ2n) is 7.40. The van der Waals surface area contributed by atoms with E-state index in [1.165, 1.54) is 6.07 Å². The number of amides is 2. The SMILES string of the molecule is O=C(C1CCN(c2ccccc2)C1=O)N1CCN(Cc2cccc(F)c2)CC1. The fraction of sp³-hybridized carbons (Fsp3) is 0.364. The number of halogens is 1. The predicted octanol–water partition coefficient (Wildman–Crippen LogP) is 2.52. The van der Waals surface area contributed by atoms with Crippen LogP contribution in [-0.2, 0) is 16.1 Å². The molecule has 2 fully saturated rings. The van der Waals surface area contributed by atoms with Crippen LogP contribution in [0.15, 0.2) is 54.6 Å². The van der Waals surface area contributed by atoms with Crippen LogP contribution in [0.25, 0.3) is 0 Å². The average molecular weight is 381 g/mol. The van der Waals surface area contributed by atoms with Gasteiger partial charge in [0.1, 0.15) is 11.7 Å². The lowest BCUT2D eigenvalue weighted by atomic mass is 10.1. The summed E-state index contributed by atoms with van der Waals surface area (Å²) in [4.78, 5) is 31.4. The Bertz CT molecular complexity index is 850. The van der Waals surface area contributed by atoms with Gasteiger partial charge in [-0.15, -0.1) is 0 Å². The van der Waals surface area contributed by atoms with E-state index in [4.69, 9.17) is 0 Å². The molecule has 2 heterocycles. The molecule has 2 aliphatic heterocycles. The highest BCUT2D eigenvalue weighted by Crippen LogP contribution is 2.26. The van der Waals surface area contributed by atoms with E-state index in [9.17, 15) is 14.0 Å². The zero-order chi connectivity index (χ0) is 19.5. The van der Waals surface area contributed by atoms with E-state index in [2.05, 4.69) is 4.90 Å². The van der Waals surface area contributed by atoms with Crippen molar-refractivity contribution < 1.29 is 14.0 Å². The second-order valence-corrected chi connectivity index (χ2v) is 7.40. The summed E-state index contributed by atoms with van der Waals surface area (Å²) in [5, 5.41) is 0. The second kappa shape index (κ2) is 8.10. The molecule has 4 rings (SSSR count). The molecular weight excluding hydrogens is 357 g/mol. The van der Waals surface area contributed by atoms with Crippen molar-refractivity contribution in [2.75, 3.05) is 37.6 Å². The topological polar surface area (TPSA) is 43.9 Å². The van der Waals surface area contributed by atoms with E-state index >= 15 is 0 Å². The summed E-state index contributed by atoms with van der Waals surface area (Å²) in [5.74, 6) is -0.962. The van der Waals surface area contributed by atoms with Gasteiger partial charge in [-0.1, -0.05) is 30.3 Å². The number of anilines is 1. The van der Waals surface area contributed by atoms with Crippen molar-refractivity contribution in [2.45, 2.75) is 13.0 Å². The first-order chi connectivity index (χ1) is 13.6. The molecule has 0 aromatic heterocycles. The number of hydrogen-bond donors (Lipinski definition) is 0. The lowest BCUT2D eigenvalue weighted by molar-refractivity contribution is -0.141. The fourth-order valence-corrected chi connectivity index (χ4v) is 4.01. The van der Waals surface area contributed by atoms with Gasteiger partial charge >= 0.3 is 0 Å². The molecule has 2 aromatic rings. The third-order valence-corrected chi connectivity index (χ3v) is 5.55. The van der Waals surface area contributed by atoms with Crippen LogP contribution in [0, 0.1) is 11.7 Å². The van der Waals surface area contributed by atoms with Crippen molar-refractivity contribution in [3.8, 4) is 0 Å². The summed E-state index contributed by atoms with van der Waals surface area (Å²) in [6.07, 6.45) is 0.566. The molecule has 0 radical (unpaired) electrons. The minimum Gasteiger partial charge on any atom is -0.339 e. The summed E-state index contributed by atoms with van der Waals surface area (Å²) < 4.78 is 13.3. The van der Waals surface area contributed by atoms with Crippen molar-refractivity contribution >= 4 is 17.5 Å². The maximum absolute atomic E-state index is 13.3. The first kappa shape index (κ1) is 18.6. The minimum atomic E-state index is -0.574.